The summed E-state index contributed by atoms with van der Waals surface area (Å²) in [6.45, 7) is 5.31. The van der Waals surface area contributed by atoms with Gasteiger partial charge in [-0.25, -0.2) is 0 Å². The number of aliphatic hydroxyl groups is 1. The molecule has 1 aliphatic heterocycles. The molecule has 76 valence electrons. The van der Waals surface area contributed by atoms with Crippen molar-refractivity contribution in [3.63, 3.8) is 0 Å². The van der Waals surface area contributed by atoms with Gasteiger partial charge in [0.05, 0.1) is 5.60 Å². The fraction of sp³-hybridized carbons (Fsp3) is 0.900. The van der Waals surface area contributed by atoms with Gasteiger partial charge in [0.2, 0.25) is 5.91 Å². The van der Waals surface area contributed by atoms with Gasteiger partial charge >= 0.3 is 0 Å². The molecule has 0 aromatic heterocycles. The van der Waals surface area contributed by atoms with Crippen molar-refractivity contribution in [2.75, 3.05) is 13.1 Å². The van der Waals surface area contributed by atoms with Crippen LogP contribution < -0.4 is 0 Å². The molecule has 0 spiro atoms. The molecule has 0 unspecified atom stereocenters. The Morgan fingerprint density at radius 2 is 1.92 bits per heavy atom. The molecule has 1 N–H and O–H groups in total. The van der Waals surface area contributed by atoms with Crippen molar-refractivity contribution in [1.29, 1.82) is 0 Å². The van der Waals surface area contributed by atoms with Crippen LogP contribution in [0.5, 0.6) is 0 Å². The van der Waals surface area contributed by atoms with Crippen LogP contribution in [-0.2, 0) is 4.79 Å². The normalized spacial score (nSPS) is 21.6. The lowest BCUT2D eigenvalue weighted by molar-refractivity contribution is -0.135. The van der Waals surface area contributed by atoms with E-state index >= 15 is 0 Å². The number of nitrogens with zero attached hydrogens (tertiary/aromatic N) is 1. The predicted octanol–water partition coefficient (Wildman–Crippen LogP) is 1.16. The highest BCUT2D eigenvalue weighted by molar-refractivity contribution is 5.75. The van der Waals surface area contributed by atoms with Crippen LogP contribution in [0.4, 0.5) is 0 Å². The summed E-state index contributed by atoms with van der Waals surface area (Å²) in [6, 6.07) is 0. The number of amides is 1. The maximum atomic E-state index is 11.3. The molecule has 1 rings (SSSR count). The maximum Gasteiger partial charge on any atom is 0.222 e. The molecule has 3 heteroatoms. The molecular weight excluding hydrogens is 166 g/mol. The van der Waals surface area contributed by atoms with Crippen molar-refractivity contribution >= 4 is 5.91 Å². The van der Waals surface area contributed by atoms with Gasteiger partial charge < -0.3 is 10.0 Å². The summed E-state index contributed by atoms with van der Waals surface area (Å²) >= 11 is 0. The predicted molar refractivity (Wildman–Crippen MR) is 51.3 cm³/mol. The molecule has 1 saturated heterocycles. The topological polar surface area (TPSA) is 40.5 Å². The lowest BCUT2D eigenvalue weighted by atomic mass is 9.89. The van der Waals surface area contributed by atoms with Crippen LogP contribution in [0, 0.1) is 0 Å². The Hall–Kier alpha value is -0.570. The molecule has 0 aromatic rings. The summed E-state index contributed by atoms with van der Waals surface area (Å²) in [5.74, 6) is 0.207. The number of carbonyl (C=O) groups is 1. The number of rotatable bonds is 2. The molecule has 1 aliphatic rings. The molecule has 0 aliphatic carbocycles. The maximum absolute atomic E-state index is 11.3. The van der Waals surface area contributed by atoms with E-state index in [1.807, 2.05) is 18.7 Å². The smallest absolute Gasteiger partial charge is 0.222 e. The minimum absolute atomic E-state index is 0.207. The molecule has 3 nitrogen and oxygen atoms in total. The van der Waals surface area contributed by atoms with Crippen LogP contribution in [0.1, 0.15) is 39.5 Å². The van der Waals surface area contributed by atoms with Gasteiger partial charge in [-0.05, 0) is 19.3 Å². The highest BCUT2D eigenvalue weighted by Crippen LogP contribution is 2.25. The third kappa shape index (κ3) is 2.44. The third-order valence-corrected chi connectivity index (χ3v) is 3.01. The first-order chi connectivity index (χ1) is 6.11. The first-order valence-corrected chi connectivity index (χ1v) is 5.11. The first kappa shape index (κ1) is 10.5. The summed E-state index contributed by atoms with van der Waals surface area (Å²) in [7, 11) is 0. The quantitative estimate of drug-likeness (QED) is 0.701. The Balaban J connectivity index is 2.43. The highest BCUT2D eigenvalue weighted by atomic mass is 16.3. The average Bonchev–Trinajstić information content (AvgIpc) is 2.18. The number of likely N-dealkylation sites (tertiary alicyclic amines) is 1. The van der Waals surface area contributed by atoms with E-state index in [-0.39, 0.29) is 5.91 Å². The Morgan fingerprint density at radius 1 is 1.38 bits per heavy atom. The van der Waals surface area contributed by atoms with E-state index < -0.39 is 5.60 Å². The van der Waals surface area contributed by atoms with Crippen molar-refractivity contribution in [1.82, 2.24) is 4.90 Å². The second-order valence-electron chi connectivity index (χ2n) is 3.81. The van der Waals surface area contributed by atoms with E-state index in [1.54, 1.807) is 0 Å². The molecule has 0 aromatic carbocycles. The van der Waals surface area contributed by atoms with E-state index in [1.165, 1.54) is 0 Å². The largest absolute Gasteiger partial charge is 0.390 e. The molecule has 0 saturated carbocycles. The standard InChI is InChI=1S/C10H19NO2/c1-3-9(12)11-7-5-10(13,4-2)6-8-11/h13H,3-8H2,1-2H3. The fourth-order valence-electron chi connectivity index (χ4n) is 1.75. The summed E-state index contributed by atoms with van der Waals surface area (Å²) in [5.41, 5.74) is -0.509. The van der Waals surface area contributed by atoms with E-state index in [4.69, 9.17) is 0 Å². The third-order valence-electron chi connectivity index (χ3n) is 3.01. The van der Waals surface area contributed by atoms with Crippen molar-refractivity contribution in [3.05, 3.63) is 0 Å². The van der Waals surface area contributed by atoms with Gasteiger partial charge in [-0.15, -0.1) is 0 Å². The van der Waals surface area contributed by atoms with E-state index in [0.717, 1.165) is 32.4 Å². The van der Waals surface area contributed by atoms with E-state index in [0.29, 0.717) is 6.42 Å². The van der Waals surface area contributed by atoms with Gasteiger partial charge in [0.1, 0.15) is 0 Å². The van der Waals surface area contributed by atoms with Gasteiger partial charge in [-0.2, -0.15) is 0 Å². The van der Waals surface area contributed by atoms with E-state index in [2.05, 4.69) is 0 Å². The van der Waals surface area contributed by atoms with Crippen LogP contribution in [0.3, 0.4) is 0 Å². The van der Waals surface area contributed by atoms with Crippen LogP contribution in [-0.4, -0.2) is 34.6 Å². The zero-order valence-corrected chi connectivity index (χ0v) is 8.55. The second-order valence-corrected chi connectivity index (χ2v) is 3.81. The van der Waals surface area contributed by atoms with Crippen LogP contribution in [0.25, 0.3) is 0 Å². The first-order valence-electron chi connectivity index (χ1n) is 5.11. The van der Waals surface area contributed by atoms with E-state index in [9.17, 15) is 9.90 Å². The molecule has 13 heavy (non-hydrogen) atoms. The number of hydrogen-bond acceptors (Lipinski definition) is 2. The van der Waals surface area contributed by atoms with Gasteiger partial charge in [-0.1, -0.05) is 13.8 Å². The van der Waals surface area contributed by atoms with Gasteiger partial charge in [0.15, 0.2) is 0 Å². The number of carbonyl (C=O) groups excluding carboxylic acids is 1. The molecule has 1 amide bonds. The fourth-order valence-corrected chi connectivity index (χ4v) is 1.75. The Kier molecular flexibility index (Phi) is 3.31. The Morgan fingerprint density at radius 3 is 2.31 bits per heavy atom. The molecule has 0 bridgehead atoms. The van der Waals surface area contributed by atoms with Gasteiger partial charge in [0.25, 0.3) is 0 Å². The Bertz CT molecular complexity index is 183. The van der Waals surface area contributed by atoms with Gasteiger partial charge in [0, 0.05) is 19.5 Å². The summed E-state index contributed by atoms with van der Waals surface area (Å²) in [5, 5.41) is 9.91. The van der Waals surface area contributed by atoms with Crippen molar-refractivity contribution in [2.45, 2.75) is 45.1 Å². The molecule has 1 fully saturated rings. The minimum Gasteiger partial charge on any atom is -0.390 e. The van der Waals surface area contributed by atoms with Crippen LogP contribution >= 0.6 is 0 Å². The SMILES string of the molecule is CCC(=O)N1CCC(O)(CC)CC1. The summed E-state index contributed by atoms with van der Waals surface area (Å²) < 4.78 is 0. The molecule has 1 heterocycles. The average molecular weight is 185 g/mol. The lowest BCUT2D eigenvalue weighted by Crippen LogP contribution is -2.46. The summed E-state index contributed by atoms with van der Waals surface area (Å²) in [6.07, 6.45) is 2.83. The second kappa shape index (κ2) is 4.09. The van der Waals surface area contributed by atoms with Crippen molar-refractivity contribution in [2.24, 2.45) is 0 Å². The zero-order chi connectivity index (χ0) is 9.90. The van der Waals surface area contributed by atoms with Crippen molar-refractivity contribution < 1.29 is 9.90 Å². The van der Waals surface area contributed by atoms with Crippen molar-refractivity contribution in [3.8, 4) is 0 Å². The number of piperidine rings is 1. The monoisotopic (exact) mass is 185 g/mol. The number of hydrogen-bond donors (Lipinski definition) is 1. The highest BCUT2D eigenvalue weighted by Gasteiger charge is 2.31. The van der Waals surface area contributed by atoms with Gasteiger partial charge in [-0.3, -0.25) is 4.79 Å². The van der Waals surface area contributed by atoms with Crippen LogP contribution in [0.15, 0.2) is 0 Å². The zero-order valence-electron chi connectivity index (χ0n) is 8.55. The molecule has 0 atom stereocenters. The van der Waals surface area contributed by atoms with Crippen LogP contribution in [0.2, 0.25) is 0 Å². The lowest BCUT2D eigenvalue weighted by Gasteiger charge is -2.37. The Labute approximate surface area is 79.7 Å². The minimum atomic E-state index is -0.509. The molecular formula is C10H19NO2. The summed E-state index contributed by atoms with van der Waals surface area (Å²) in [4.78, 5) is 13.2. The molecule has 0 radical (unpaired) electrons.